The summed E-state index contributed by atoms with van der Waals surface area (Å²) in [5, 5.41) is 10.7. The van der Waals surface area contributed by atoms with Gasteiger partial charge in [0.15, 0.2) is 0 Å². The van der Waals surface area contributed by atoms with Crippen molar-refractivity contribution in [2.24, 2.45) is 0 Å². The molecule has 1 amide bonds. The molecule has 2 aromatic rings. The van der Waals surface area contributed by atoms with Crippen LogP contribution in [0.2, 0.25) is 0 Å². The Bertz CT molecular complexity index is 970. The minimum absolute atomic E-state index is 0.0548. The van der Waals surface area contributed by atoms with Gasteiger partial charge in [0.1, 0.15) is 0 Å². The summed E-state index contributed by atoms with van der Waals surface area (Å²) in [4.78, 5) is 23.6. The monoisotopic (exact) mass is 375 g/mol. The Kier molecular flexibility index (Phi) is 4.64. The maximum atomic E-state index is 12.5. The van der Waals surface area contributed by atoms with Crippen LogP contribution in [0.5, 0.6) is 0 Å². The van der Waals surface area contributed by atoms with E-state index in [9.17, 15) is 23.3 Å². The van der Waals surface area contributed by atoms with Crippen molar-refractivity contribution in [3.63, 3.8) is 0 Å². The molecule has 0 fully saturated rings. The Morgan fingerprint density at radius 3 is 2.46 bits per heavy atom. The SMILES string of the molecule is CCN1C(=O)CCc2cc(NS(=O)(=O)c3ccc([N+](=O)[O-])cc3)ccc21. The Labute approximate surface area is 150 Å². The number of fused-ring (bicyclic) bond motifs is 1. The smallest absolute Gasteiger partial charge is 0.269 e. The van der Waals surface area contributed by atoms with Gasteiger partial charge in [-0.1, -0.05) is 0 Å². The third-order valence-electron chi connectivity index (χ3n) is 4.21. The molecule has 0 spiro atoms. The Balaban J connectivity index is 1.86. The van der Waals surface area contributed by atoms with E-state index in [1.165, 1.54) is 12.1 Å². The first kappa shape index (κ1) is 17.9. The van der Waals surface area contributed by atoms with E-state index >= 15 is 0 Å². The van der Waals surface area contributed by atoms with Crippen LogP contribution in [-0.4, -0.2) is 25.8 Å². The quantitative estimate of drug-likeness (QED) is 0.638. The van der Waals surface area contributed by atoms with Crippen LogP contribution in [0, 0.1) is 10.1 Å². The van der Waals surface area contributed by atoms with Crippen molar-refractivity contribution in [1.29, 1.82) is 0 Å². The summed E-state index contributed by atoms with van der Waals surface area (Å²) in [7, 11) is -3.87. The van der Waals surface area contributed by atoms with E-state index in [0.717, 1.165) is 23.4 Å². The van der Waals surface area contributed by atoms with Crippen LogP contribution in [0.3, 0.4) is 0 Å². The van der Waals surface area contributed by atoms with Crippen LogP contribution >= 0.6 is 0 Å². The van der Waals surface area contributed by atoms with E-state index in [0.29, 0.717) is 25.1 Å². The zero-order chi connectivity index (χ0) is 18.9. The van der Waals surface area contributed by atoms with Gasteiger partial charge in [0.25, 0.3) is 15.7 Å². The highest BCUT2D eigenvalue weighted by molar-refractivity contribution is 7.92. The topological polar surface area (TPSA) is 110 Å². The molecule has 0 unspecified atom stereocenters. The molecule has 1 aliphatic rings. The van der Waals surface area contributed by atoms with Crippen molar-refractivity contribution in [2.75, 3.05) is 16.2 Å². The van der Waals surface area contributed by atoms with Crippen LogP contribution in [0.1, 0.15) is 18.9 Å². The minimum atomic E-state index is -3.87. The number of non-ortho nitro benzene ring substituents is 1. The first-order valence-corrected chi connectivity index (χ1v) is 9.50. The van der Waals surface area contributed by atoms with Gasteiger partial charge in [-0.25, -0.2) is 8.42 Å². The summed E-state index contributed by atoms with van der Waals surface area (Å²) in [6.45, 7) is 2.44. The first-order chi connectivity index (χ1) is 12.3. The lowest BCUT2D eigenvalue weighted by Crippen LogP contribution is -2.34. The third-order valence-corrected chi connectivity index (χ3v) is 5.60. The molecule has 1 heterocycles. The van der Waals surface area contributed by atoms with Gasteiger partial charge in [0.05, 0.1) is 9.82 Å². The lowest BCUT2D eigenvalue weighted by Gasteiger charge is -2.28. The number of carbonyl (C=O) groups excluding carboxylic acids is 1. The summed E-state index contributed by atoms with van der Waals surface area (Å²) < 4.78 is 27.4. The molecule has 2 aromatic carbocycles. The number of nitro benzene ring substituents is 1. The van der Waals surface area contributed by atoms with E-state index in [2.05, 4.69) is 4.72 Å². The number of benzene rings is 2. The average molecular weight is 375 g/mol. The van der Waals surface area contributed by atoms with Gasteiger partial charge in [-0.15, -0.1) is 0 Å². The van der Waals surface area contributed by atoms with E-state index in [1.807, 2.05) is 6.92 Å². The number of hydrogen-bond acceptors (Lipinski definition) is 5. The van der Waals surface area contributed by atoms with Crippen LogP contribution in [-0.2, 0) is 21.2 Å². The lowest BCUT2D eigenvalue weighted by atomic mass is 10.0. The fourth-order valence-corrected chi connectivity index (χ4v) is 3.98. The first-order valence-electron chi connectivity index (χ1n) is 8.02. The Morgan fingerprint density at radius 1 is 1.15 bits per heavy atom. The second-order valence-corrected chi connectivity index (χ2v) is 7.52. The van der Waals surface area contributed by atoms with Crippen molar-refractivity contribution >= 4 is 33.0 Å². The zero-order valence-electron chi connectivity index (χ0n) is 14.0. The van der Waals surface area contributed by atoms with Gasteiger partial charge in [-0.3, -0.25) is 19.6 Å². The van der Waals surface area contributed by atoms with Gasteiger partial charge < -0.3 is 4.90 Å². The minimum Gasteiger partial charge on any atom is -0.312 e. The molecule has 0 atom stereocenters. The highest BCUT2D eigenvalue weighted by atomic mass is 32.2. The van der Waals surface area contributed by atoms with Crippen LogP contribution in [0.25, 0.3) is 0 Å². The number of amides is 1. The maximum Gasteiger partial charge on any atom is 0.269 e. The number of carbonyl (C=O) groups is 1. The molecule has 26 heavy (non-hydrogen) atoms. The Hall–Kier alpha value is -2.94. The van der Waals surface area contributed by atoms with Gasteiger partial charge in [0.2, 0.25) is 5.91 Å². The van der Waals surface area contributed by atoms with Crippen molar-refractivity contribution in [2.45, 2.75) is 24.7 Å². The highest BCUT2D eigenvalue weighted by Crippen LogP contribution is 2.31. The number of nitrogens with zero attached hydrogens (tertiary/aromatic N) is 2. The summed E-state index contributed by atoms with van der Waals surface area (Å²) in [5.74, 6) is 0.0548. The molecule has 1 aliphatic heterocycles. The van der Waals surface area contributed by atoms with Crippen molar-refractivity contribution in [1.82, 2.24) is 0 Å². The number of rotatable bonds is 5. The molecule has 0 saturated carbocycles. The fraction of sp³-hybridized carbons (Fsp3) is 0.235. The maximum absolute atomic E-state index is 12.5. The molecule has 0 aliphatic carbocycles. The molecule has 1 N–H and O–H groups in total. The summed E-state index contributed by atoms with van der Waals surface area (Å²) in [6.07, 6.45) is 0.942. The normalized spacial score (nSPS) is 14.0. The van der Waals surface area contributed by atoms with E-state index in [1.54, 1.807) is 23.1 Å². The standard InChI is InChI=1S/C17H17N3O5S/c1-2-19-16-9-4-13(11-12(16)3-10-17(19)21)18-26(24,25)15-7-5-14(6-8-15)20(22)23/h4-9,11,18H,2-3,10H2,1H3. The number of aryl methyl sites for hydroxylation is 1. The van der Waals surface area contributed by atoms with Crippen LogP contribution < -0.4 is 9.62 Å². The number of sulfonamides is 1. The summed E-state index contributed by atoms with van der Waals surface area (Å²) >= 11 is 0. The fourth-order valence-electron chi connectivity index (χ4n) is 2.93. The van der Waals surface area contributed by atoms with Crippen molar-refractivity contribution in [3.8, 4) is 0 Å². The number of nitrogens with one attached hydrogen (secondary N) is 1. The molecule has 136 valence electrons. The third kappa shape index (κ3) is 3.38. The van der Waals surface area contributed by atoms with Gasteiger partial charge in [0, 0.05) is 36.5 Å². The largest absolute Gasteiger partial charge is 0.312 e. The van der Waals surface area contributed by atoms with Crippen molar-refractivity contribution < 1.29 is 18.1 Å². The summed E-state index contributed by atoms with van der Waals surface area (Å²) in [6, 6.07) is 9.71. The van der Waals surface area contributed by atoms with E-state index < -0.39 is 14.9 Å². The van der Waals surface area contributed by atoms with Gasteiger partial charge >= 0.3 is 0 Å². The predicted octanol–water partition coefficient (Wildman–Crippen LogP) is 2.69. The molecule has 0 radical (unpaired) electrons. The number of anilines is 2. The van der Waals surface area contributed by atoms with Crippen LogP contribution in [0.4, 0.5) is 17.1 Å². The predicted molar refractivity (Wildman–Crippen MR) is 96.7 cm³/mol. The second kappa shape index (κ2) is 6.75. The molecule has 0 aromatic heterocycles. The molecule has 3 rings (SSSR count). The van der Waals surface area contributed by atoms with E-state index in [-0.39, 0.29) is 16.5 Å². The van der Waals surface area contributed by atoms with Gasteiger partial charge in [-0.2, -0.15) is 0 Å². The molecule has 8 nitrogen and oxygen atoms in total. The molecule has 0 bridgehead atoms. The molecule has 9 heteroatoms. The molecule has 0 saturated heterocycles. The Morgan fingerprint density at radius 2 is 1.85 bits per heavy atom. The zero-order valence-corrected chi connectivity index (χ0v) is 14.8. The van der Waals surface area contributed by atoms with Gasteiger partial charge in [-0.05, 0) is 49.2 Å². The molecular formula is C17H17N3O5S. The van der Waals surface area contributed by atoms with E-state index in [4.69, 9.17) is 0 Å². The lowest BCUT2D eigenvalue weighted by molar-refractivity contribution is -0.384. The number of hydrogen-bond donors (Lipinski definition) is 1. The number of nitro groups is 1. The molecular weight excluding hydrogens is 358 g/mol. The second-order valence-electron chi connectivity index (χ2n) is 5.84. The van der Waals surface area contributed by atoms with Crippen LogP contribution in [0.15, 0.2) is 47.4 Å². The average Bonchev–Trinajstić information content (AvgIpc) is 2.61. The van der Waals surface area contributed by atoms with Crippen molar-refractivity contribution in [3.05, 3.63) is 58.1 Å². The highest BCUT2D eigenvalue weighted by Gasteiger charge is 2.23. The summed E-state index contributed by atoms with van der Waals surface area (Å²) in [5.41, 5.74) is 1.90.